The molecule has 134 valence electrons. The number of rotatable bonds is 6. The molecule has 0 bridgehead atoms. The number of nitrogens with one attached hydrogen (secondary N) is 1. The highest BCUT2D eigenvalue weighted by atomic mass is 16.4. The van der Waals surface area contributed by atoms with Crippen LogP contribution in [0.1, 0.15) is 48.0 Å². The van der Waals surface area contributed by atoms with Gasteiger partial charge in [-0.05, 0) is 49.5 Å². The summed E-state index contributed by atoms with van der Waals surface area (Å²) in [6.45, 7) is 0.670. The van der Waals surface area contributed by atoms with Crippen LogP contribution < -0.4 is 5.32 Å². The topological polar surface area (TPSA) is 86.7 Å². The molecule has 2 rings (SSSR count). The first-order valence-electron chi connectivity index (χ1n) is 8.54. The summed E-state index contributed by atoms with van der Waals surface area (Å²) in [4.78, 5) is 36.5. The van der Waals surface area contributed by atoms with Crippen molar-refractivity contribution in [3.05, 3.63) is 41.5 Å². The van der Waals surface area contributed by atoms with E-state index in [9.17, 15) is 14.4 Å². The maximum absolute atomic E-state index is 12.5. The zero-order valence-corrected chi connectivity index (χ0v) is 14.4. The van der Waals surface area contributed by atoms with Gasteiger partial charge in [0.1, 0.15) is 0 Å². The van der Waals surface area contributed by atoms with Gasteiger partial charge in [-0.15, -0.1) is 0 Å². The predicted molar refractivity (Wildman–Crippen MR) is 95.1 cm³/mol. The van der Waals surface area contributed by atoms with Crippen molar-refractivity contribution in [1.29, 1.82) is 0 Å². The summed E-state index contributed by atoms with van der Waals surface area (Å²) in [6, 6.07) is 6.98. The van der Waals surface area contributed by atoms with Gasteiger partial charge in [-0.2, -0.15) is 0 Å². The molecule has 25 heavy (non-hydrogen) atoms. The van der Waals surface area contributed by atoms with Crippen LogP contribution in [0.25, 0.3) is 6.08 Å². The average molecular weight is 344 g/mol. The maximum Gasteiger partial charge on any atom is 0.303 e. The number of carboxylic acid groups (broad SMARTS) is 1. The van der Waals surface area contributed by atoms with Gasteiger partial charge in [0.25, 0.3) is 5.91 Å². The third kappa shape index (κ3) is 5.45. The molecule has 1 saturated heterocycles. The Hall–Kier alpha value is -2.63. The van der Waals surface area contributed by atoms with Gasteiger partial charge < -0.3 is 15.3 Å². The third-order valence-corrected chi connectivity index (χ3v) is 4.42. The molecule has 6 nitrogen and oxygen atoms in total. The van der Waals surface area contributed by atoms with Crippen molar-refractivity contribution in [2.24, 2.45) is 0 Å². The molecule has 0 spiro atoms. The minimum absolute atomic E-state index is 0.00220. The first-order chi connectivity index (χ1) is 12.0. The van der Waals surface area contributed by atoms with Crippen molar-refractivity contribution in [3.63, 3.8) is 0 Å². The Balaban J connectivity index is 1.99. The Morgan fingerprint density at radius 1 is 1.24 bits per heavy atom. The lowest BCUT2D eigenvalue weighted by Gasteiger charge is -2.35. The molecule has 1 aromatic carbocycles. The van der Waals surface area contributed by atoms with E-state index in [1.165, 1.54) is 6.08 Å². The summed E-state index contributed by atoms with van der Waals surface area (Å²) < 4.78 is 0. The van der Waals surface area contributed by atoms with Crippen LogP contribution in [0, 0.1) is 0 Å². The molecule has 0 saturated carbocycles. The van der Waals surface area contributed by atoms with E-state index in [0.29, 0.717) is 18.5 Å². The number of hydrogen-bond donors (Lipinski definition) is 2. The molecule has 1 heterocycles. The van der Waals surface area contributed by atoms with Gasteiger partial charge in [-0.1, -0.05) is 12.1 Å². The molecule has 1 aromatic rings. The number of amides is 2. The largest absolute Gasteiger partial charge is 0.481 e. The highest BCUT2D eigenvalue weighted by molar-refractivity contribution is 5.95. The zero-order chi connectivity index (χ0) is 18.2. The van der Waals surface area contributed by atoms with Crippen molar-refractivity contribution in [3.8, 4) is 0 Å². The van der Waals surface area contributed by atoms with Crippen LogP contribution in [0.15, 0.2) is 30.3 Å². The minimum Gasteiger partial charge on any atom is -0.481 e. The fraction of sp³-hybridized carbons (Fsp3) is 0.421. The van der Waals surface area contributed by atoms with Crippen LogP contribution in [-0.2, 0) is 9.59 Å². The normalized spacial score (nSPS) is 17.5. The number of piperidine rings is 1. The van der Waals surface area contributed by atoms with Crippen LogP contribution in [0.2, 0.25) is 0 Å². The van der Waals surface area contributed by atoms with Gasteiger partial charge in [0, 0.05) is 37.7 Å². The van der Waals surface area contributed by atoms with Crippen LogP contribution in [-0.4, -0.2) is 47.4 Å². The molecule has 1 unspecified atom stereocenters. The van der Waals surface area contributed by atoms with E-state index in [1.807, 2.05) is 0 Å². The molecular weight excluding hydrogens is 320 g/mol. The van der Waals surface area contributed by atoms with Gasteiger partial charge in [0.2, 0.25) is 5.91 Å². The van der Waals surface area contributed by atoms with Crippen LogP contribution in [0.4, 0.5) is 0 Å². The highest BCUT2D eigenvalue weighted by Crippen LogP contribution is 2.21. The van der Waals surface area contributed by atoms with E-state index in [4.69, 9.17) is 5.11 Å². The molecule has 6 heteroatoms. The maximum atomic E-state index is 12.5. The quantitative estimate of drug-likeness (QED) is 0.775. The number of carbonyl (C=O) groups excluding carboxylic acids is 2. The molecule has 1 fully saturated rings. The van der Waals surface area contributed by atoms with Crippen molar-refractivity contribution in [2.45, 2.75) is 38.1 Å². The second-order valence-electron chi connectivity index (χ2n) is 6.15. The summed E-state index contributed by atoms with van der Waals surface area (Å²) in [6.07, 6.45) is 6.65. The zero-order valence-electron chi connectivity index (χ0n) is 14.4. The lowest BCUT2D eigenvalue weighted by Crippen LogP contribution is -2.43. The molecule has 0 aromatic heterocycles. The van der Waals surface area contributed by atoms with Crippen LogP contribution in [0.5, 0.6) is 0 Å². The van der Waals surface area contributed by atoms with Gasteiger partial charge in [0.05, 0.1) is 0 Å². The number of aliphatic carboxylic acids is 1. The summed E-state index contributed by atoms with van der Waals surface area (Å²) >= 11 is 0. The Labute approximate surface area is 147 Å². The summed E-state index contributed by atoms with van der Waals surface area (Å²) in [5.74, 6) is -1.07. The van der Waals surface area contributed by atoms with Crippen LogP contribution >= 0.6 is 0 Å². The molecule has 2 N–H and O–H groups in total. The van der Waals surface area contributed by atoms with Crippen molar-refractivity contribution in [1.82, 2.24) is 10.2 Å². The number of carboxylic acids is 1. The lowest BCUT2D eigenvalue weighted by atomic mass is 9.97. The number of carbonyl (C=O) groups is 3. The Morgan fingerprint density at radius 3 is 2.60 bits per heavy atom. The summed E-state index contributed by atoms with van der Waals surface area (Å²) in [7, 11) is 1.58. The molecule has 1 atom stereocenters. The van der Waals surface area contributed by atoms with Crippen LogP contribution in [0.3, 0.4) is 0 Å². The van der Waals surface area contributed by atoms with E-state index < -0.39 is 5.97 Å². The van der Waals surface area contributed by atoms with E-state index in [-0.39, 0.29) is 24.3 Å². The van der Waals surface area contributed by atoms with Gasteiger partial charge in [0.15, 0.2) is 0 Å². The SMILES string of the molecule is CNC(=O)c1ccc(C=CC(=O)N2CCCCC2CCC(=O)O)cc1. The van der Waals surface area contributed by atoms with E-state index in [0.717, 1.165) is 24.8 Å². The monoisotopic (exact) mass is 344 g/mol. The third-order valence-electron chi connectivity index (χ3n) is 4.42. The Kier molecular flexibility index (Phi) is 6.74. The van der Waals surface area contributed by atoms with E-state index >= 15 is 0 Å². The van der Waals surface area contributed by atoms with Gasteiger partial charge in [-0.3, -0.25) is 14.4 Å². The predicted octanol–water partition coefficient (Wildman–Crippen LogP) is 2.31. The average Bonchev–Trinajstić information content (AvgIpc) is 2.64. The van der Waals surface area contributed by atoms with Crippen molar-refractivity contribution >= 4 is 23.9 Å². The molecular formula is C19H24N2O4. The van der Waals surface area contributed by atoms with Gasteiger partial charge >= 0.3 is 5.97 Å². The summed E-state index contributed by atoms with van der Waals surface area (Å²) in [5, 5.41) is 11.4. The Morgan fingerprint density at radius 2 is 1.96 bits per heavy atom. The molecule has 0 aliphatic carbocycles. The highest BCUT2D eigenvalue weighted by Gasteiger charge is 2.25. The number of nitrogens with zero attached hydrogens (tertiary/aromatic N) is 1. The second kappa shape index (κ2) is 9.01. The number of benzene rings is 1. The van der Waals surface area contributed by atoms with E-state index in [2.05, 4.69) is 5.32 Å². The van der Waals surface area contributed by atoms with Crippen molar-refractivity contribution in [2.75, 3.05) is 13.6 Å². The van der Waals surface area contributed by atoms with Crippen molar-refractivity contribution < 1.29 is 19.5 Å². The lowest BCUT2D eigenvalue weighted by molar-refractivity contribution is -0.138. The molecule has 1 aliphatic heterocycles. The van der Waals surface area contributed by atoms with Gasteiger partial charge in [-0.25, -0.2) is 0 Å². The molecule has 0 radical (unpaired) electrons. The molecule has 2 amide bonds. The Bertz CT molecular complexity index is 652. The minimum atomic E-state index is -0.829. The fourth-order valence-corrected chi connectivity index (χ4v) is 3.03. The first kappa shape index (κ1) is 18.7. The second-order valence-corrected chi connectivity index (χ2v) is 6.15. The summed E-state index contributed by atoms with van der Waals surface area (Å²) in [5.41, 5.74) is 1.40. The number of likely N-dealkylation sites (tertiary alicyclic amines) is 1. The van der Waals surface area contributed by atoms with E-state index in [1.54, 1.807) is 42.3 Å². The fourth-order valence-electron chi connectivity index (χ4n) is 3.03. The number of hydrogen-bond acceptors (Lipinski definition) is 3. The standard InChI is InChI=1S/C19H24N2O4/c1-20-19(25)15-8-5-14(6-9-15)7-11-17(22)21-13-3-2-4-16(21)10-12-18(23)24/h5-9,11,16H,2-4,10,12-13H2,1H3,(H,20,25)(H,23,24). The molecule has 1 aliphatic rings. The smallest absolute Gasteiger partial charge is 0.303 e. The first-order valence-corrected chi connectivity index (χ1v) is 8.54.